The van der Waals surface area contributed by atoms with Crippen molar-refractivity contribution in [2.75, 3.05) is 5.73 Å². The number of nitrogens with two attached hydrogens (primary N) is 1. The minimum absolute atomic E-state index is 0.00752. The topological polar surface area (TPSA) is 128 Å². The molecule has 0 aliphatic heterocycles. The Kier molecular flexibility index (Phi) is 3.41. The molecule has 1 aromatic carbocycles. The van der Waals surface area contributed by atoms with Crippen molar-refractivity contribution in [2.24, 2.45) is 0 Å². The molecular formula is C13H13N5O3S. The maximum Gasteiger partial charge on any atom is 0.312 e. The lowest BCUT2D eigenvalue weighted by Gasteiger charge is -2.04. The second-order valence-electron chi connectivity index (χ2n) is 4.77. The van der Waals surface area contributed by atoms with Crippen LogP contribution in [0.15, 0.2) is 39.9 Å². The molecule has 8 nitrogen and oxygen atoms in total. The smallest absolute Gasteiger partial charge is 0.312 e. The van der Waals surface area contributed by atoms with Crippen molar-refractivity contribution in [3.8, 4) is 11.1 Å². The van der Waals surface area contributed by atoms with E-state index in [0.29, 0.717) is 5.56 Å². The number of H-pyrrole nitrogens is 1. The molecule has 0 spiro atoms. The van der Waals surface area contributed by atoms with Crippen molar-refractivity contribution in [1.82, 2.24) is 20.4 Å². The molecule has 0 aliphatic rings. The zero-order chi connectivity index (χ0) is 15.7. The third kappa shape index (κ3) is 2.70. The number of anilines is 1. The third-order valence-electron chi connectivity index (χ3n) is 3.07. The van der Waals surface area contributed by atoms with E-state index in [-0.39, 0.29) is 16.9 Å². The zero-order valence-corrected chi connectivity index (χ0v) is 12.5. The first-order valence-electron chi connectivity index (χ1n) is 6.37. The van der Waals surface area contributed by atoms with Crippen LogP contribution >= 0.6 is 0 Å². The number of sulfone groups is 1. The summed E-state index contributed by atoms with van der Waals surface area (Å²) in [6, 6.07) is 7.30. The van der Waals surface area contributed by atoms with E-state index in [1.165, 1.54) is 6.20 Å². The average Bonchev–Trinajstić information content (AvgIpc) is 3.09. The number of rotatable bonds is 4. The van der Waals surface area contributed by atoms with E-state index in [9.17, 15) is 8.42 Å². The van der Waals surface area contributed by atoms with Crippen molar-refractivity contribution >= 4 is 15.9 Å². The van der Waals surface area contributed by atoms with Gasteiger partial charge < -0.3 is 10.2 Å². The van der Waals surface area contributed by atoms with Crippen LogP contribution in [-0.4, -0.2) is 28.8 Å². The van der Waals surface area contributed by atoms with Gasteiger partial charge in [0.1, 0.15) is 5.75 Å². The molecule has 3 N–H and O–H groups in total. The van der Waals surface area contributed by atoms with Crippen LogP contribution in [0, 0.1) is 6.92 Å². The zero-order valence-electron chi connectivity index (χ0n) is 11.6. The van der Waals surface area contributed by atoms with E-state index in [4.69, 9.17) is 10.2 Å². The summed E-state index contributed by atoms with van der Waals surface area (Å²) in [4.78, 5) is 0. The molecule has 0 aliphatic carbocycles. The van der Waals surface area contributed by atoms with Crippen LogP contribution in [0.2, 0.25) is 0 Å². The number of aromatic nitrogens is 4. The van der Waals surface area contributed by atoms with Gasteiger partial charge in [-0.1, -0.05) is 34.9 Å². The molecule has 3 rings (SSSR count). The first-order valence-corrected chi connectivity index (χ1v) is 8.02. The quantitative estimate of drug-likeness (QED) is 0.742. The molecule has 22 heavy (non-hydrogen) atoms. The molecule has 0 saturated heterocycles. The van der Waals surface area contributed by atoms with Crippen LogP contribution in [0.25, 0.3) is 11.1 Å². The molecule has 0 atom stereocenters. The summed E-state index contributed by atoms with van der Waals surface area (Å²) < 4.78 is 29.9. The van der Waals surface area contributed by atoms with E-state index in [2.05, 4.69) is 20.4 Å². The Morgan fingerprint density at radius 2 is 1.95 bits per heavy atom. The fourth-order valence-corrected chi connectivity index (χ4v) is 3.29. The van der Waals surface area contributed by atoms with Gasteiger partial charge in [-0.2, -0.15) is 5.10 Å². The van der Waals surface area contributed by atoms with E-state index in [1.54, 1.807) is 0 Å². The number of nitrogen functional groups attached to an aromatic ring is 1. The third-order valence-corrected chi connectivity index (χ3v) is 4.63. The summed E-state index contributed by atoms with van der Waals surface area (Å²) in [5.74, 6) is -0.514. The molecule has 2 heterocycles. The molecule has 0 amide bonds. The summed E-state index contributed by atoms with van der Waals surface area (Å²) in [7, 11) is -3.72. The Bertz CT molecular complexity index is 896. The van der Waals surface area contributed by atoms with Gasteiger partial charge in [-0.05, 0) is 12.5 Å². The fourth-order valence-electron chi connectivity index (χ4n) is 2.01. The highest BCUT2D eigenvalue weighted by atomic mass is 32.2. The van der Waals surface area contributed by atoms with E-state index in [1.807, 2.05) is 31.2 Å². The largest absolute Gasteiger partial charge is 0.407 e. The minimum Gasteiger partial charge on any atom is -0.407 e. The summed E-state index contributed by atoms with van der Waals surface area (Å²) in [5.41, 5.74) is 7.62. The second kappa shape index (κ2) is 5.26. The monoisotopic (exact) mass is 319 g/mol. The van der Waals surface area contributed by atoms with E-state index < -0.39 is 15.6 Å². The number of nitrogens with one attached hydrogen (secondary N) is 1. The van der Waals surface area contributed by atoms with Gasteiger partial charge in [0.05, 0.1) is 6.20 Å². The van der Waals surface area contributed by atoms with Crippen molar-refractivity contribution in [1.29, 1.82) is 0 Å². The Morgan fingerprint density at radius 3 is 2.59 bits per heavy atom. The summed E-state index contributed by atoms with van der Waals surface area (Å²) in [6.07, 6.45) is 1.47. The second-order valence-corrected chi connectivity index (χ2v) is 6.70. The molecule has 3 aromatic rings. The van der Waals surface area contributed by atoms with Crippen LogP contribution in [0.3, 0.4) is 0 Å². The average molecular weight is 319 g/mol. The number of hydrogen-bond acceptors (Lipinski definition) is 7. The lowest BCUT2D eigenvalue weighted by atomic mass is 10.1. The van der Waals surface area contributed by atoms with Gasteiger partial charge in [0.2, 0.25) is 15.7 Å². The summed E-state index contributed by atoms with van der Waals surface area (Å²) >= 11 is 0. The normalized spacial score (nSPS) is 11.7. The predicted octanol–water partition coefficient (Wildman–Crippen LogP) is 1.32. The van der Waals surface area contributed by atoms with Crippen LogP contribution in [0.1, 0.15) is 11.5 Å². The van der Waals surface area contributed by atoms with Gasteiger partial charge in [0.15, 0.2) is 5.03 Å². The molecule has 0 saturated carbocycles. The minimum atomic E-state index is -3.72. The lowest BCUT2D eigenvalue weighted by Crippen LogP contribution is -2.07. The molecule has 9 heteroatoms. The molecule has 0 bridgehead atoms. The van der Waals surface area contributed by atoms with E-state index in [0.717, 1.165) is 11.1 Å². The summed E-state index contributed by atoms with van der Waals surface area (Å²) in [5, 5.41) is 13.4. The molecule has 0 fully saturated rings. The van der Waals surface area contributed by atoms with Gasteiger partial charge in [-0.15, -0.1) is 5.10 Å². The van der Waals surface area contributed by atoms with Crippen molar-refractivity contribution in [3.63, 3.8) is 0 Å². The maximum atomic E-state index is 12.5. The molecule has 2 aromatic heterocycles. The molecular weight excluding hydrogens is 306 g/mol. The SMILES string of the molecule is Cc1ccc(-c2cn[nH]c2S(=O)(=O)Cc2nnc(N)o2)cc1. The maximum absolute atomic E-state index is 12.5. The Labute approximate surface area is 126 Å². The number of aromatic amines is 1. The Balaban J connectivity index is 1.98. The van der Waals surface area contributed by atoms with Gasteiger partial charge in [-0.25, -0.2) is 8.42 Å². The fraction of sp³-hybridized carbons (Fsp3) is 0.154. The van der Waals surface area contributed by atoms with Crippen LogP contribution in [0.4, 0.5) is 6.01 Å². The Morgan fingerprint density at radius 1 is 1.23 bits per heavy atom. The van der Waals surface area contributed by atoms with E-state index >= 15 is 0 Å². The van der Waals surface area contributed by atoms with Crippen LogP contribution in [0.5, 0.6) is 0 Å². The van der Waals surface area contributed by atoms with Crippen LogP contribution in [-0.2, 0) is 15.6 Å². The molecule has 114 valence electrons. The predicted molar refractivity (Wildman–Crippen MR) is 78.4 cm³/mol. The first kappa shape index (κ1) is 14.3. The highest BCUT2D eigenvalue weighted by Crippen LogP contribution is 2.27. The highest BCUT2D eigenvalue weighted by molar-refractivity contribution is 7.90. The van der Waals surface area contributed by atoms with Gasteiger partial charge in [-0.3, -0.25) is 5.10 Å². The number of aryl methyl sites for hydroxylation is 1. The standard InChI is InChI=1S/C13H13N5O3S/c1-8-2-4-9(5-3-8)10-6-15-17-12(10)22(19,20)7-11-16-18-13(14)21-11/h2-6H,7H2,1H3,(H2,14,18)(H,15,17). The number of hydrogen-bond donors (Lipinski definition) is 2. The number of benzene rings is 1. The Hall–Kier alpha value is -2.68. The molecule has 0 unspecified atom stereocenters. The van der Waals surface area contributed by atoms with Crippen molar-refractivity contribution in [3.05, 3.63) is 41.9 Å². The highest BCUT2D eigenvalue weighted by Gasteiger charge is 2.25. The van der Waals surface area contributed by atoms with Crippen LogP contribution < -0.4 is 5.73 Å². The van der Waals surface area contributed by atoms with Crippen molar-refractivity contribution in [2.45, 2.75) is 17.7 Å². The molecule has 0 radical (unpaired) electrons. The number of nitrogens with zero attached hydrogens (tertiary/aromatic N) is 3. The summed E-state index contributed by atoms with van der Waals surface area (Å²) in [6.45, 7) is 1.96. The lowest BCUT2D eigenvalue weighted by molar-refractivity contribution is 0.521. The van der Waals surface area contributed by atoms with Gasteiger partial charge in [0, 0.05) is 5.56 Å². The van der Waals surface area contributed by atoms with Gasteiger partial charge in [0.25, 0.3) is 0 Å². The van der Waals surface area contributed by atoms with Crippen molar-refractivity contribution < 1.29 is 12.8 Å². The van der Waals surface area contributed by atoms with Gasteiger partial charge >= 0.3 is 6.01 Å². The first-order chi connectivity index (χ1) is 10.5.